The van der Waals surface area contributed by atoms with E-state index in [9.17, 15) is 0 Å². The summed E-state index contributed by atoms with van der Waals surface area (Å²) >= 11 is 0. The summed E-state index contributed by atoms with van der Waals surface area (Å²) in [5.74, 6) is 0. The Labute approximate surface area is 136 Å². The second-order valence-electron chi connectivity index (χ2n) is 6.16. The summed E-state index contributed by atoms with van der Waals surface area (Å²) in [5, 5.41) is 5.38. The lowest BCUT2D eigenvalue weighted by molar-refractivity contribution is 0.120. The first kappa shape index (κ1) is 14.4. The molecule has 0 aliphatic carbocycles. The zero-order valence-electron chi connectivity index (χ0n) is 13.2. The number of hydrogen-bond acceptors (Lipinski definition) is 4. The Hall–Kier alpha value is -2.17. The van der Waals surface area contributed by atoms with E-state index in [4.69, 9.17) is 4.52 Å². The molecule has 1 aliphatic heterocycles. The monoisotopic (exact) mass is 307 g/mol. The molecule has 23 heavy (non-hydrogen) atoms. The quantitative estimate of drug-likeness (QED) is 0.741. The Kier molecular flexibility index (Phi) is 4.09. The third-order valence-corrected chi connectivity index (χ3v) is 4.54. The van der Waals surface area contributed by atoms with Gasteiger partial charge >= 0.3 is 0 Å². The van der Waals surface area contributed by atoms with Gasteiger partial charge in [0.25, 0.3) is 0 Å². The Morgan fingerprint density at radius 2 is 1.43 bits per heavy atom. The fraction of sp³-hybridized carbons (Fsp3) is 0.316. The maximum atomic E-state index is 5.40. The number of benzene rings is 2. The molecule has 118 valence electrons. The van der Waals surface area contributed by atoms with Crippen LogP contribution >= 0.6 is 0 Å². The van der Waals surface area contributed by atoms with E-state index >= 15 is 0 Å². The first-order valence-electron chi connectivity index (χ1n) is 8.20. The molecule has 0 amide bonds. The molecule has 1 aliphatic rings. The summed E-state index contributed by atoms with van der Waals surface area (Å²) in [5.41, 5.74) is 3.32. The largest absolute Gasteiger partial charge is 0.356 e. The van der Waals surface area contributed by atoms with Gasteiger partial charge in [-0.05, 0) is 17.7 Å². The number of piperazine rings is 1. The van der Waals surface area contributed by atoms with Crippen molar-refractivity contribution in [1.29, 1.82) is 0 Å². The number of para-hydroxylation sites is 1. The fourth-order valence-electron chi connectivity index (χ4n) is 3.21. The molecule has 3 aromatic rings. The maximum absolute atomic E-state index is 5.40. The van der Waals surface area contributed by atoms with E-state index in [1.807, 2.05) is 18.2 Å². The summed E-state index contributed by atoms with van der Waals surface area (Å²) in [6.45, 7) is 6.27. The minimum Gasteiger partial charge on any atom is -0.356 e. The van der Waals surface area contributed by atoms with Crippen LogP contribution in [0, 0.1) is 0 Å². The van der Waals surface area contributed by atoms with Crippen molar-refractivity contribution < 1.29 is 4.52 Å². The third kappa shape index (κ3) is 3.28. The minimum absolute atomic E-state index is 0.871. The van der Waals surface area contributed by atoms with Crippen LogP contribution < -0.4 is 0 Å². The molecule has 0 unspecified atom stereocenters. The molecule has 2 aromatic carbocycles. The molecule has 0 radical (unpaired) electrons. The molecule has 2 heterocycles. The SMILES string of the molecule is c1ccc(CN2CCN(Cc3noc4ccccc34)CC2)cc1. The standard InChI is InChI=1S/C19H21N3O/c1-2-6-16(7-3-1)14-21-10-12-22(13-11-21)15-18-17-8-4-5-9-19(17)23-20-18/h1-9H,10-15H2. The van der Waals surface area contributed by atoms with Gasteiger partial charge in [-0.15, -0.1) is 0 Å². The summed E-state index contributed by atoms with van der Waals surface area (Å²) in [4.78, 5) is 4.98. The topological polar surface area (TPSA) is 32.5 Å². The van der Waals surface area contributed by atoms with E-state index < -0.39 is 0 Å². The van der Waals surface area contributed by atoms with Crippen molar-refractivity contribution in [2.24, 2.45) is 0 Å². The van der Waals surface area contributed by atoms with Gasteiger partial charge in [-0.2, -0.15) is 0 Å². The highest BCUT2D eigenvalue weighted by Crippen LogP contribution is 2.20. The van der Waals surface area contributed by atoms with Gasteiger partial charge < -0.3 is 4.52 Å². The molecule has 4 heteroatoms. The van der Waals surface area contributed by atoms with Crippen LogP contribution in [0.5, 0.6) is 0 Å². The van der Waals surface area contributed by atoms with Crippen molar-refractivity contribution in [2.45, 2.75) is 13.1 Å². The van der Waals surface area contributed by atoms with E-state index in [1.54, 1.807) is 0 Å². The van der Waals surface area contributed by atoms with Crippen LogP contribution in [0.3, 0.4) is 0 Å². The molecule has 0 bridgehead atoms. The minimum atomic E-state index is 0.871. The highest BCUT2D eigenvalue weighted by atomic mass is 16.5. The Morgan fingerprint density at radius 3 is 2.22 bits per heavy atom. The number of hydrogen-bond donors (Lipinski definition) is 0. The Balaban J connectivity index is 1.35. The lowest BCUT2D eigenvalue weighted by Crippen LogP contribution is -2.45. The van der Waals surface area contributed by atoms with Crippen molar-refractivity contribution in [2.75, 3.05) is 26.2 Å². The van der Waals surface area contributed by atoms with Crippen LogP contribution in [0.1, 0.15) is 11.3 Å². The summed E-state index contributed by atoms with van der Waals surface area (Å²) in [6.07, 6.45) is 0. The van der Waals surface area contributed by atoms with Gasteiger partial charge in [0, 0.05) is 44.7 Å². The maximum Gasteiger partial charge on any atom is 0.167 e. The van der Waals surface area contributed by atoms with E-state index in [2.05, 4.69) is 51.4 Å². The van der Waals surface area contributed by atoms with Crippen molar-refractivity contribution in [3.05, 3.63) is 65.9 Å². The van der Waals surface area contributed by atoms with E-state index in [-0.39, 0.29) is 0 Å². The van der Waals surface area contributed by atoms with E-state index in [0.29, 0.717) is 0 Å². The normalized spacial score (nSPS) is 16.9. The summed E-state index contributed by atoms with van der Waals surface area (Å²) in [7, 11) is 0. The summed E-state index contributed by atoms with van der Waals surface area (Å²) in [6, 6.07) is 18.8. The van der Waals surface area contributed by atoms with Gasteiger partial charge in [0.15, 0.2) is 5.58 Å². The van der Waals surface area contributed by atoms with Gasteiger partial charge in [-0.1, -0.05) is 47.6 Å². The smallest absolute Gasteiger partial charge is 0.167 e. The molecule has 1 aromatic heterocycles. The number of rotatable bonds is 4. The number of aromatic nitrogens is 1. The van der Waals surface area contributed by atoms with Crippen LogP contribution in [0.2, 0.25) is 0 Å². The molecule has 0 spiro atoms. The molecule has 0 N–H and O–H groups in total. The van der Waals surface area contributed by atoms with Crippen molar-refractivity contribution in [1.82, 2.24) is 15.0 Å². The second-order valence-corrected chi connectivity index (χ2v) is 6.16. The third-order valence-electron chi connectivity index (χ3n) is 4.54. The molecule has 1 saturated heterocycles. The first-order chi connectivity index (χ1) is 11.4. The molecular formula is C19H21N3O. The average Bonchev–Trinajstić information content (AvgIpc) is 3.01. The predicted octanol–water partition coefficient (Wildman–Crippen LogP) is 3.15. The molecule has 0 saturated carbocycles. The van der Waals surface area contributed by atoms with Gasteiger partial charge in [0.1, 0.15) is 5.69 Å². The lowest BCUT2D eigenvalue weighted by atomic mass is 10.2. The van der Waals surface area contributed by atoms with Gasteiger partial charge in [0.05, 0.1) is 0 Å². The molecule has 1 fully saturated rings. The van der Waals surface area contributed by atoms with Crippen LogP contribution in [0.15, 0.2) is 59.1 Å². The van der Waals surface area contributed by atoms with Crippen molar-refractivity contribution in [3.63, 3.8) is 0 Å². The highest BCUT2D eigenvalue weighted by Gasteiger charge is 2.19. The second kappa shape index (κ2) is 6.52. The zero-order chi connectivity index (χ0) is 15.5. The summed E-state index contributed by atoms with van der Waals surface area (Å²) < 4.78 is 5.40. The van der Waals surface area contributed by atoms with Crippen LogP contribution in [0.25, 0.3) is 11.0 Å². The predicted molar refractivity (Wildman–Crippen MR) is 91.0 cm³/mol. The van der Waals surface area contributed by atoms with Gasteiger partial charge in [0.2, 0.25) is 0 Å². The van der Waals surface area contributed by atoms with Crippen LogP contribution in [-0.2, 0) is 13.1 Å². The molecule has 4 rings (SSSR count). The number of nitrogens with zero attached hydrogens (tertiary/aromatic N) is 3. The van der Waals surface area contributed by atoms with Crippen molar-refractivity contribution in [3.8, 4) is 0 Å². The van der Waals surface area contributed by atoms with Crippen LogP contribution in [0.4, 0.5) is 0 Å². The molecular weight excluding hydrogens is 286 g/mol. The first-order valence-corrected chi connectivity index (χ1v) is 8.20. The Morgan fingerprint density at radius 1 is 0.783 bits per heavy atom. The molecule has 4 nitrogen and oxygen atoms in total. The van der Waals surface area contributed by atoms with Gasteiger partial charge in [-0.25, -0.2) is 0 Å². The van der Waals surface area contributed by atoms with E-state index in [0.717, 1.165) is 55.9 Å². The van der Waals surface area contributed by atoms with Gasteiger partial charge in [-0.3, -0.25) is 9.80 Å². The highest BCUT2D eigenvalue weighted by molar-refractivity contribution is 5.79. The van der Waals surface area contributed by atoms with Crippen LogP contribution in [-0.4, -0.2) is 41.1 Å². The zero-order valence-corrected chi connectivity index (χ0v) is 13.2. The van der Waals surface area contributed by atoms with Crippen molar-refractivity contribution >= 4 is 11.0 Å². The number of fused-ring (bicyclic) bond motifs is 1. The fourth-order valence-corrected chi connectivity index (χ4v) is 3.21. The lowest BCUT2D eigenvalue weighted by Gasteiger charge is -2.34. The average molecular weight is 307 g/mol. The Bertz CT molecular complexity index is 760. The van der Waals surface area contributed by atoms with E-state index in [1.165, 1.54) is 5.56 Å². The molecule has 0 atom stereocenters.